The highest BCUT2D eigenvalue weighted by Gasteiger charge is 2.30. The van der Waals surface area contributed by atoms with Crippen molar-refractivity contribution in [2.24, 2.45) is 0 Å². The number of amides is 2. The van der Waals surface area contributed by atoms with Crippen LogP contribution in [-0.2, 0) is 6.18 Å². The van der Waals surface area contributed by atoms with E-state index in [9.17, 15) is 22.8 Å². The second-order valence-corrected chi connectivity index (χ2v) is 7.67. The number of rotatable bonds is 5. The maximum absolute atomic E-state index is 12.9. The van der Waals surface area contributed by atoms with Crippen molar-refractivity contribution in [1.82, 2.24) is 10.2 Å². The largest absolute Gasteiger partial charge is 0.459 e. The van der Waals surface area contributed by atoms with Gasteiger partial charge in [0.25, 0.3) is 11.8 Å². The first-order valence-corrected chi connectivity index (χ1v) is 10.4. The molecular weight excluding hydrogens is 437 g/mol. The lowest BCUT2D eigenvalue weighted by Crippen LogP contribution is -2.46. The van der Waals surface area contributed by atoms with E-state index in [1.807, 2.05) is 0 Å². The van der Waals surface area contributed by atoms with E-state index in [0.29, 0.717) is 31.5 Å². The number of hydrogen-bond donors (Lipinski definition) is 1. The van der Waals surface area contributed by atoms with Crippen LogP contribution in [0.2, 0.25) is 0 Å². The lowest BCUT2D eigenvalue weighted by atomic mass is 10.0. The highest BCUT2D eigenvalue weighted by Crippen LogP contribution is 2.32. The Morgan fingerprint density at radius 3 is 2.33 bits per heavy atom. The Hall–Kier alpha value is -3.75. The Bertz CT molecular complexity index is 1120. The Labute approximate surface area is 187 Å². The van der Waals surface area contributed by atoms with Crippen molar-refractivity contribution < 1.29 is 31.9 Å². The molecule has 0 saturated carbocycles. The van der Waals surface area contributed by atoms with Gasteiger partial charge in [0.1, 0.15) is 11.5 Å². The molecule has 1 N–H and O–H groups in total. The molecule has 1 saturated heterocycles. The van der Waals surface area contributed by atoms with E-state index in [-0.39, 0.29) is 35.1 Å². The molecule has 0 atom stereocenters. The second-order valence-electron chi connectivity index (χ2n) is 7.67. The molecule has 0 spiro atoms. The van der Waals surface area contributed by atoms with Gasteiger partial charge in [-0.3, -0.25) is 9.59 Å². The Morgan fingerprint density at radius 2 is 1.67 bits per heavy atom. The number of likely N-dealkylation sites (tertiary alicyclic amines) is 1. The smallest absolute Gasteiger partial charge is 0.416 e. The monoisotopic (exact) mass is 458 g/mol. The number of nitrogens with zero attached hydrogens (tertiary/aromatic N) is 1. The number of piperidine rings is 1. The molecule has 0 bridgehead atoms. The summed E-state index contributed by atoms with van der Waals surface area (Å²) in [6, 6.07) is 14.0. The zero-order valence-electron chi connectivity index (χ0n) is 17.5. The van der Waals surface area contributed by atoms with Gasteiger partial charge in [-0.15, -0.1) is 0 Å². The zero-order valence-corrected chi connectivity index (χ0v) is 17.5. The van der Waals surface area contributed by atoms with E-state index in [1.165, 1.54) is 24.5 Å². The van der Waals surface area contributed by atoms with Gasteiger partial charge >= 0.3 is 6.18 Å². The average Bonchev–Trinajstić information content (AvgIpc) is 3.34. The van der Waals surface area contributed by atoms with Gasteiger partial charge in [0.05, 0.1) is 11.8 Å². The third-order valence-corrected chi connectivity index (χ3v) is 5.34. The maximum Gasteiger partial charge on any atom is 0.416 e. The molecule has 1 aromatic heterocycles. The quantitative estimate of drug-likeness (QED) is 0.576. The first kappa shape index (κ1) is 22.4. The molecule has 1 aliphatic rings. The van der Waals surface area contributed by atoms with Gasteiger partial charge in [-0.2, -0.15) is 13.2 Å². The third-order valence-electron chi connectivity index (χ3n) is 5.34. The molecule has 1 fully saturated rings. The fourth-order valence-electron chi connectivity index (χ4n) is 3.62. The number of halogens is 3. The molecule has 2 heterocycles. The number of carbonyl (C=O) groups excluding carboxylic acids is 2. The summed E-state index contributed by atoms with van der Waals surface area (Å²) in [5.41, 5.74) is -0.487. The van der Waals surface area contributed by atoms with Crippen molar-refractivity contribution in [2.75, 3.05) is 13.1 Å². The maximum atomic E-state index is 12.9. The van der Waals surface area contributed by atoms with Crippen molar-refractivity contribution in [1.29, 1.82) is 0 Å². The normalized spacial score (nSPS) is 14.7. The van der Waals surface area contributed by atoms with Gasteiger partial charge in [0.2, 0.25) is 0 Å². The summed E-state index contributed by atoms with van der Waals surface area (Å²) >= 11 is 0. The summed E-state index contributed by atoms with van der Waals surface area (Å²) in [4.78, 5) is 26.7. The van der Waals surface area contributed by atoms with E-state index < -0.39 is 11.7 Å². The Morgan fingerprint density at radius 1 is 0.970 bits per heavy atom. The van der Waals surface area contributed by atoms with Crippen LogP contribution in [0.15, 0.2) is 71.3 Å². The number of carbonyl (C=O) groups is 2. The third kappa shape index (κ3) is 5.54. The van der Waals surface area contributed by atoms with Crippen LogP contribution in [0.5, 0.6) is 11.5 Å². The molecule has 3 aromatic rings. The standard InChI is InChI=1S/C24H21F3N2O4/c25-24(26,27)17-5-2-7-20(15-17)33-19-6-1-4-16(14-19)22(30)28-18-9-11-29(12-10-18)23(31)21-8-3-13-32-21/h1-8,13-15,18H,9-12H2,(H,28,30). The minimum absolute atomic E-state index is 0.0241. The van der Waals surface area contributed by atoms with E-state index in [4.69, 9.17) is 9.15 Å². The van der Waals surface area contributed by atoms with Crippen LogP contribution in [0.4, 0.5) is 13.2 Å². The Kier molecular flexibility index (Phi) is 6.39. The molecule has 0 unspecified atom stereocenters. The van der Waals surface area contributed by atoms with Gasteiger partial charge < -0.3 is 19.4 Å². The van der Waals surface area contributed by atoms with Crippen LogP contribution < -0.4 is 10.1 Å². The average molecular weight is 458 g/mol. The van der Waals surface area contributed by atoms with Crippen LogP contribution in [0.1, 0.15) is 39.3 Å². The minimum Gasteiger partial charge on any atom is -0.459 e. The molecule has 6 nitrogen and oxygen atoms in total. The van der Waals surface area contributed by atoms with E-state index in [2.05, 4.69) is 5.32 Å². The van der Waals surface area contributed by atoms with Gasteiger partial charge in [-0.05, 0) is 61.4 Å². The highest BCUT2D eigenvalue weighted by molar-refractivity contribution is 5.95. The molecule has 4 rings (SSSR count). The fourth-order valence-corrected chi connectivity index (χ4v) is 3.62. The van der Waals surface area contributed by atoms with Crippen LogP contribution >= 0.6 is 0 Å². The molecule has 9 heteroatoms. The lowest BCUT2D eigenvalue weighted by molar-refractivity contribution is -0.137. The molecule has 0 aliphatic carbocycles. The number of alkyl halides is 3. The summed E-state index contributed by atoms with van der Waals surface area (Å²) < 4.78 is 49.4. The van der Waals surface area contributed by atoms with Crippen LogP contribution in [0.3, 0.4) is 0 Å². The number of benzene rings is 2. The van der Waals surface area contributed by atoms with Gasteiger partial charge in [-0.25, -0.2) is 0 Å². The van der Waals surface area contributed by atoms with Gasteiger partial charge in [-0.1, -0.05) is 12.1 Å². The zero-order chi connectivity index (χ0) is 23.4. The molecular formula is C24H21F3N2O4. The van der Waals surface area contributed by atoms with E-state index >= 15 is 0 Å². The van der Waals surface area contributed by atoms with Gasteiger partial charge in [0.15, 0.2) is 5.76 Å². The predicted octanol–water partition coefficient (Wildman–Crippen LogP) is 5.13. The topological polar surface area (TPSA) is 71.8 Å². The fraction of sp³-hybridized carbons (Fsp3) is 0.250. The number of ether oxygens (including phenoxy) is 1. The van der Waals surface area contributed by atoms with Crippen LogP contribution in [0, 0.1) is 0 Å². The molecule has 1 aliphatic heterocycles. The van der Waals surface area contributed by atoms with Crippen molar-refractivity contribution in [3.8, 4) is 11.5 Å². The first-order valence-electron chi connectivity index (χ1n) is 10.4. The molecule has 172 valence electrons. The van der Waals surface area contributed by atoms with Crippen molar-refractivity contribution in [2.45, 2.75) is 25.1 Å². The SMILES string of the molecule is O=C(NC1CCN(C(=O)c2ccco2)CC1)c1cccc(Oc2cccc(C(F)(F)F)c2)c1. The molecule has 2 amide bonds. The molecule has 2 aromatic carbocycles. The number of furan rings is 1. The van der Waals surface area contributed by atoms with Crippen LogP contribution in [-0.4, -0.2) is 35.8 Å². The number of nitrogens with one attached hydrogen (secondary N) is 1. The Balaban J connectivity index is 1.34. The summed E-state index contributed by atoms with van der Waals surface area (Å²) in [6.07, 6.45) is -1.83. The molecule has 0 radical (unpaired) electrons. The minimum atomic E-state index is -4.47. The first-order chi connectivity index (χ1) is 15.8. The van der Waals surface area contributed by atoms with Crippen molar-refractivity contribution in [3.05, 3.63) is 83.8 Å². The van der Waals surface area contributed by atoms with E-state index in [1.54, 1.807) is 35.2 Å². The highest BCUT2D eigenvalue weighted by atomic mass is 19.4. The van der Waals surface area contributed by atoms with Crippen molar-refractivity contribution in [3.63, 3.8) is 0 Å². The predicted molar refractivity (Wildman–Crippen MR) is 113 cm³/mol. The summed E-state index contributed by atoms with van der Waals surface area (Å²) in [5, 5.41) is 2.94. The molecule has 33 heavy (non-hydrogen) atoms. The number of hydrogen-bond acceptors (Lipinski definition) is 4. The van der Waals surface area contributed by atoms with Crippen LogP contribution in [0.25, 0.3) is 0 Å². The lowest BCUT2D eigenvalue weighted by Gasteiger charge is -2.31. The second kappa shape index (κ2) is 9.40. The van der Waals surface area contributed by atoms with E-state index in [0.717, 1.165) is 12.1 Å². The van der Waals surface area contributed by atoms with Crippen molar-refractivity contribution >= 4 is 11.8 Å². The summed E-state index contributed by atoms with van der Waals surface area (Å²) in [5.74, 6) is 0.0661. The summed E-state index contributed by atoms with van der Waals surface area (Å²) in [6.45, 7) is 0.979. The van der Waals surface area contributed by atoms with Gasteiger partial charge in [0, 0.05) is 24.7 Å². The summed E-state index contributed by atoms with van der Waals surface area (Å²) in [7, 11) is 0.